The van der Waals surface area contributed by atoms with Crippen molar-refractivity contribution >= 4 is 45.9 Å². The summed E-state index contributed by atoms with van der Waals surface area (Å²) in [6.07, 6.45) is 6.65. The van der Waals surface area contributed by atoms with E-state index < -0.39 is 6.04 Å². The van der Waals surface area contributed by atoms with Gasteiger partial charge in [0.25, 0.3) is 5.91 Å². The molecule has 4 aliphatic rings. The molecule has 62 heavy (non-hydrogen) atoms. The van der Waals surface area contributed by atoms with Crippen LogP contribution in [0.2, 0.25) is 0 Å². The first-order valence-corrected chi connectivity index (χ1v) is 22.2. The van der Waals surface area contributed by atoms with Crippen molar-refractivity contribution in [2.45, 2.75) is 64.0 Å². The second-order valence-corrected chi connectivity index (χ2v) is 17.7. The SMILES string of the molecule is Cc1nc(N)ccc1-c1ccnc2c1cc(CN1CCC(c3ccc(C(=O)N4CCC(CN5CCN(c6ccc(NC7CCC(=O)NC7=O)cc6F)CC5)CC4)cc3)CC1)n2C. The van der Waals surface area contributed by atoms with Gasteiger partial charge in [0.1, 0.15) is 23.3 Å². The molecule has 5 aromatic rings. The number of piperazine rings is 1. The molecule has 14 heteroatoms. The number of carbonyl (C=O) groups excluding carboxylic acids is 3. The van der Waals surface area contributed by atoms with Crippen molar-refractivity contribution in [3.8, 4) is 11.1 Å². The predicted molar refractivity (Wildman–Crippen MR) is 240 cm³/mol. The number of amides is 3. The van der Waals surface area contributed by atoms with Crippen LogP contribution in [0.15, 0.2) is 72.9 Å². The number of halogens is 1. The average molecular weight is 841 g/mol. The monoisotopic (exact) mass is 840 g/mol. The summed E-state index contributed by atoms with van der Waals surface area (Å²) < 4.78 is 17.4. The number of likely N-dealkylation sites (tertiary alicyclic amines) is 2. The number of aryl methyl sites for hydroxylation is 2. The second kappa shape index (κ2) is 17.9. The van der Waals surface area contributed by atoms with Crippen LogP contribution in [-0.4, -0.2) is 112 Å². The Morgan fingerprint density at radius 2 is 1.61 bits per heavy atom. The zero-order chi connectivity index (χ0) is 42.9. The first kappa shape index (κ1) is 41.5. The Morgan fingerprint density at radius 1 is 0.855 bits per heavy atom. The number of anilines is 3. The number of hydrogen-bond acceptors (Lipinski definition) is 10. The lowest BCUT2D eigenvalue weighted by atomic mass is 9.88. The van der Waals surface area contributed by atoms with Crippen LogP contribution in [0.4, 0.5) is 21.6 Å². The van der Waals surface area contributed by atoms with Gasteiger partial charge in [0.15, 0.2) is 0 Å². The molecule has 3 aromatic heterocycles. The quantitative estimate of drug-likeness (QED) is 0.145. The average Bonchev–Trinajstić information content (AvgIpc) is 3.60. The highest BCUT2D eigenvalue weighted by molar-refractivity contribution is 6.01. The van der Waals surface area contributed by atoms with Crippen LogP contribution in [0.25, 0.3) is 22.2 Å². The highest BCUT2D eigenvalue weighted by Gasteiger charge is 2.30. The maximum atomic E-state index is 15.2. The molecule has 1 unspecified atom stereocenters. The topological polar surface area (TPSA) is 145 Å². The minimum Gasteiger partial charge on any atom is -0.384 e. The molecular formula is C48H57FN10O3. The third-order valence-electron chi connectivity index (χ3n) is 13.7. The number of hydrogen-bond donors (Lipinski definition) is 3. The Balaban J connectivity index is 0.710. The van der Waals surface area contributed by atoms with Crippen LogP contribution in [0, 0.1) is 18.7 Å². The van der Waals surface area contributed by atoms with E-state index in [0.29, 0.717) is 35.4 Å². The van der Waals surface area contributed by atoms with Crippen LogP contribution in [0.1, 0.15) is 71.8 Å². The summed E-state index contributed by atoms with van der Waals surface area (Å²) in [5, 5.41) is 6.52. The molecule has 2 aromatic carbocycles. The summed E-state index contributed by atoms with van der Waals surface area (Å²) in [6, 6.07) is 21.1. The first-order chi connectivity index (χ1) is 30.1. The number of benzene rings is 2. The minimum absolute atomic E-state index is 0.120. The third-order valence-corrected chi connectivity index (χ3v) is 13.7. The maximum absolute atomic E-state index is 15.2. The molecule has 7 heterocycles. The van der Waals surface area contributed by atoms with E-state index in [9.17, 15) is 14.4 Å². The van der Waals surface area contributed by atoms with E-state index in [4.69, 9.17) is 10.7 Å². The Labute approximate surface area is 362 Å². The summed E-state index contributed by atoms with van der Waals surface area (Å²) in [5.41, 5.74) is 14.4. The normalized spacial score (nSPS) is 19.9. The molecule has 1 atom stereocenters. The van der Waals surface area contributed by atoms with E-state index in [0.717, 1.165) is 125 Å². The van der Waals surface area contributed by atoms with Crippen molar-refractivity contribution in [2.75, 3.05) is 74.9 Å². The molecule has 4 saturated heterocycles. The van der Waals surface area contributed by atoms with E-state index in [-0.39, 0.29) is 30.0 Å². The molecule has 0 saturated carbocycles. The van der Waals surface area contributed by atoms with E-state index in [1.807, 2.05) is 42.3 Å². The van der Waals surface area contributed by atoms with Crippen molar-refractivity contribution in [3.63, 3.8) is 0 Å². The van der Waals surface area contributed by atoms with Gasteiger partial charge in [0, 0.05) is 106 Å². The van der Waals surface area contributed by atoms with Gasteiger partial charge in [-0.05, 0) is 130 Å². The molecule has 4 fully saturated rings. The Hall–Kier alpha value is -5.86. The third kappa shape index (κ3) is 8.89. The number of nitrogen functional groups attached to an aromatic ring is 1. The molecule has 0 aliphatic carbocycles. The summed E-state index contributed by atoms with van der Waals surface area (Å²) in [5.74, 6) is 0.672. The predicted octanol–water partition coefficient (Wildman–Crippen LogP) is 5.94. The molecule has 0 radical (unpaired) electrons. The van der Waals surface area contributed by atoms with Crippen molar-refractivity contribution in [2.24, 2.45) is 13.0 Å². The molecule has 324 valence electrons. The van der Waals surface area contributed by atoms with E-state index in [1.165, 1.54) is 17.3 Å². The van der Waals surface area contributed by atoms with Gasteiger partial charge in [-0.25, -0.2) is 14.4 Å². The van der Waals surface area contributed by atoms with Gasteiger partial charge in [-0.1, -0.05) is 12.1 Å². The van der Waals surface area contributed by atoms with Gasteiger partial charge < -0.3 is 25.4 Å². The lowest BCUT2D eigenvalue weighted by molar-refractivity contribution is -0.133. The highest BCUT2D eigenvalue weighted by atomic mass is 19.1. The van der Waals surface area contributed by atoms with Gasteiger partial charge >= 0.3 is 0 Å². The van der Waals surface area contributed by atoms with E-state index in [2.05, 4.69) is 66.2 Å². The number of fused-ring (bicyclic) bond motifs is 1. The summed E-state index contributed by atoms with van der Waals surface area (Å²) in [4.78, 5) is 55.5. The Morgan fingerprint density at radius 3 is 2.32 bits per heavy atom. The summed E-state index contributed by atoms with van der Waals surface area (Å²) in [6.45, 7) is 10.6. The molecule has 0 spiro atoms. The van der Waals surface area contributed by atoms with Gasteiger partial charge in [-0.3, -0.25) is 29.5 Å². The summed E-state index contributed by atoms with van der Waals surface area (Å²) in [7, 11) is 2.10. The molecule has 13 nitrogen and oxygen atoms in total. The number of rotatable bonds is 10. The maximum Gasteiger partial charge on any atom is 0.253 e. The Bertz CT molecular complexity index is 2450. The number of carbonyl (C=O) groups is 3. The smallest absolute Gasteiger partial charge is 0.253 e. The number of nitrogens with zero attached hydrogens (tertiary/aromatic N) is 7. The number of imide groups is 1. The molecule has 9 rings (SSSR count). The van der Waals surface area contributed by atoms with E-state index in [1.54, 1.807) is 12.1 Å². The van der Waals surface area contributed by atoms with Crippen LogP contribution in [-0.2, 0) is 23.2 Å². The van der Waals surface area contributed by atoms with Crippen molar-refractivity contribution in [3.05, 3.63) is 101 Å². The standard InChI is InChI=1S/C48H57FN10O3/c1-31-38(8-11-44(50)52-31)39-13-18-51-46-40(39)28-37(55(46)2)30-56-19-16-34(17-20-56)33-3-5-35(6-4-33)48(62)59-21-14-32(15-22-59)29-57-23-25-58(26-24-57)43-10-7-36(27-41(43)49)53-42-9-12-45(60)54-47(42)61/h3-8,10-11,13,18,27-28,32,34,42,53H,9,12,14-17,19-26,29-30H2,1-2H3,(H2,50,52)(H,54,60,61). The zero-order valence-corrected chi connectivity index (χ0v) is 35.8. The number of nitrogens with two attached hydrogens (primary N) is 1. The van der Waals surface area contributed by atoms with Crippen molar-refractivity contribution in [1.82, 2.24) is 34.6 Å². The number of aromatic nitrogens is 3. The van der Waals surface area contributed by atoms with Crippen LogP contribution >= 0.6 is 0 Å². The van der Waals surface area contributed by atoms with Gasteiger partial charge in [-0.15, -0.1) is 0 Å². The van der Waals surface area contributed by atoms with Crippen LogP contribution < -0.4 is 21.3 Å². The molecule has 3 amide bonds. The lowest BCUT2D eigenvalue weighted by Gasteiger charge is -2.39. The Kier molecular flexibility index (Phi) is 11.9. The number of piperidine rings is 3. The lowest BCUT2D eigenvalue weighted by Crippen LogP contribution is -2.49. The highest BCUT2D eigenvalue weighted by Crippen LogP contribution is 2.34. The van der Waals surface area contributed by atoms with Gasteiger partial charge in [-0.2, -0.15) is 0 Å². The second-order valence-electron chi connectivity index (χ2n) is 17.7. The van der Waals surface area contributed by atoms with Gasteiger partial charge in [0.05, 0.1) is 5.69 Å². The van der Waals surface area contributed by atoms with Crippen molar-refractivity contribution in [1.29, 1.82) is 0 Å². The number of pyridine rings is 2. The number of nitrogens with one attached hydrogen (secondary N) is 2. The minimum atomic E-state index is -0.549. The molecule has 4 N–H and O–H groups in total. The summed E-state index contributed by atoms with van der Waals surface area (Å²) >= 11 is 0. The largest absolute Gasteiger partial charge is 0.384 e. The van der Waals surface area contributed by atoms with Crippen LogP contribution in [0.5, 0.6) is 0 Å². The molecule has 0 bridgehead atoms. The molecule has 4 aliphatic heterocycles. The van der Waals surface area contributed by atoms with E-state index >= 15 is 4.39 Å². The van der Waals surface area contributed by atoms with Crippen molar-refractivity contribution < 1.29 is 18.8 Å². The van der Waals surface area contributed by atoms with Crippen LogP contribution in [0.3, 0.4) is 0 Å². The zero-order valence-electron chi connectivity index (χ0n) is 35.8. The van der Waals surface area contributed by atoms with Gasteiger partial charge in [0.2, 0.25) is 11.8 Å². The fourth-order valence-electron chi connectivity index (χ4n) is 10.00. The molecular weight excluding hydrogens is 784 g/mol. The fraction of sp³-hybridized carbons (Fsp3) is 0.438. The fourth-order valence-corrected chi connectivity index (χ4v) is 10.00. The first-order valence-electron chi connectivity index (χ1n) is 22.2.